The van der Waals surface area contributed by atoms with Gasteiger partial charge in [0.15, 0.2) is 5.88 Å². The van der Waals surface area contributed by atoms with Crippen molar-refractivity contribution >= 4 is 21.4 Å². The van der Waals surface area contributed by atoms with E-state index in [9.17, 15) is 8.42 Å². The lowest BCUT2D eigenvalue weighted by Gasteiger charge is -2.26. The van der Waals surface area contributed by atoms with E-state index in [1.165, 1.54) is 0 Å². The zero-order valence-electron chi connectivity index (χ0n) is 20.5. The maximum atomic E-state index is 11.5. The van der Waals surface area contributed by atoms with Crippen LogP contribution in [0.5, 0.6) is 11.5 Å². The van der Waals surface area contributed by atoms with E-state index in [0.717, 1.165) is 34.7 Å². The van der Waals surface area contributed by atoms with Gasteiger partial charge in [-0.1, -0.05) is 0 Å². The van der Waals surface area contributed by atoms with Gasteiger partial charge in [-0.25, -0.2) is 13.1 Å². The van der Waals surface area contributed by atoms with Crippen molar-refractivity contribution in [1.29, 1.82) is 5.26 Å². The summed E-state index contributed by atoms with van der Waals surface area (Å²) >= 11 is 0. The number of unbranched alkanes of at least 4 members (excludes halogenated alkanes) is 1. The van der Waals surface area contributed by atoms with Crippen molar-refractivity contribution in [2.45, 2.75) is 19.8 Å². The lowest BCUT2D eigenvalue weighted by molar-refractivity contribution is 0.216. The predicted molar refractivity (Wildman–Crippen MR) is 138 cm³/mol. The molecule has 0 aliphatic rings. The summed E-state index contributed by atoms with van der Waals surface area (Å²) < 4.78 is 42.1. The molecule has 10 heteroatoms. The molecule has 2 aromatic rings. The number of methoxy groups -OCH3 is 1. The molecule has 35 heavy (non-hydrogen) atoms. The summed E-state index contributed by atoms with van der Waals surface area (Å²) in [6, 6.07) is 15.3. The van der Waals surface area contributed by atoms with Crippen LogP contribution in [0.4, 0.5) is 11.4 Å². The molecule has 2 aromatic carbocycles. The SMILES string of the molecule is C=C(Nc1ccc(N(CCNS(C)(=O)=O)CCOc2ccc(OC)cc2)cc1C)OCCCC#N. The van der Waals surface area contributed by atoms with Crippen LogP contribution in [-0.4, -0.2) is 54.6 Å². The number of rotatable bonds is 16. The first-order valence-corrected chi connectivity index (χ1v) is 13.1. The Kier molecular flexibility index (Phi) is 11.2. The maximum absolute atomic E-state index is 11.5. The normalized spacial score (nSPS) is 10.8. The van der Waals surface area contributed by atoms with Crippen LogP contribution < -0.4 is 24.4 Å². The Labute approximate surface area is 208 Å². The number of nitriles is 1. The standard InChI is InChI=1S/C25H34N4O5S/c1-20-19-22(7-12-25(20)28-21(2)33-17-6-5-13-26)29(15-14-27-35(4,30)31)16-18-34-24-10-8-23(32-3)9-11-24/h7-12,19,27-28H,2,5-6,14-18H2,1,3-4H3. The lowest BCUT2D eigenvalue weighted by Crippen LogP contribution is -2.36. The van der Waals surface area contributed by atoms with Gasteiger partial charge in [0.2, 0.25) is 10.0 Å². The number of nitrogens with zero attached hydrogens (tertiary/aromatic N) is 2. The van der Waals surface area contributed by atoms with Crippen LogP contribution in [0.25, 0.3) is 0 Å². The number of hydrogen-bond acceptors (Lipinski definition) is 8. The monoisotopic (exact) mass is 502 g/mol. The van der Waals surface area contributed by atoms with Crippen LogP contribution in [0.2, 0.25) is 0 Å². The van der Waals surface area contributed by atoms with Crippen molar-refractivity contribution in [3.63, 3.8) is 0 Å². The topological polar surface area (TPSA) is 113 Å². The Hall–Kier alpha value is -3.42. The van der Waals surface area contributed by atoms with Crippen LogP contribution in [0.3, 0.4) is 0 Å². The summed E-state index contributed by atoms with van der Waals surface area (Å²) in [5, 5.41) is 11.8. The molecule has 0 aliphatic heterocycles. The molecule has 0 radical (unpaired) electrons. The third kappa shape index (κ3) is 10.6. The number of nitrogens with one attached hydrogen (secondary N) is 2. The molecule has 9 nitrogen and oxygen atoms in total. The number of anilines is 2. The van der Waals surface area contributed by atoms with Gasteiger partial charge in [0.1, 0.15) is 18.1 Å². The summed E-state index contributed by atoms with van der Waals surface area (Å²) in [6.45, 7) is 7.98. The molecular weight excluding hydrogens is 468 g/mol. The van der Waals surface area contributed by atoms with E-state index in [1.807, 2.05) is 49.4 Å². The second kappa shape index (κ2) is 14.1. The minimum absolute atomic E-state index is 0.272. The number of hydrogen-bond donors (Lipinski definition) is 2. The van der Waals surface area contributed by atoms with Gasteiger partial charge >= 0.3 is 0 Å². The summed E-state index contributed by atoms with van der Waals surface area (Å²) in [5.74, 6) is 1.90. The second-order valence-electron chi connectivity index (χ2n) is 7.84. The number of ether oxygens (including phenoxy) is 3. The minimum Gasteiger partial charge on any atom is -0.497 e. The van der Waals surface area contributed by atoms with Crippen molar-refractivity contribution in [1.82, 2.24) is 4.72 Å². The van der Waals surface area contributed by atoms with Crippen molar-refractivity contribution in [3.05, 3.63) is 60.5 Å². The Morgan fingerprint density at radius 1 is 1.11 bits per heavy atom. The molecule has 2 N–H and O–H groups in total. The highest BCUT2D eigenvalue weighted by Crippen LogP contribution is 2.24. The van der Waals surface area contributed by atoms with Crippen LogP contribution in [0.15, 0.2) is 54.9 Å². The third-order valence-corrected chi connectivity index (χ3v) is 5.72. The van der Waals surface area contributed by atoms with Gasteiger partial charge in [-0.15, -0.1) is 0 Å². The molecule has 0 amide bonds. The van der Waals surface area contributed by atoms with Gasteiger partial charge in [-0.05, 0) is 68.0 Å². The Morgan fingerprint density at radius 2 is 1.83 bits per heavy atom. The maximum Gasteiger partial charge on any atom is 0.208 e. The van der Waals surface area contributed by atoms with E-state index >= 15 is 0 Å². The van der Waals surface area contributed by atoms with Gasteiger partial charge in [0.25, 0.3) is 0 Å². The first-order valence-electron chi connectivity index (χ1n) is 11.2. The van der Waals surface area contributed by atoms with E-state index in [0.29, 0.717) is 45.0 Å². The first kappa shape index (κ1) is 27.8. The first-order chi connectivity index (χ1) is 16.7. The largest absolute Gasteiger partial charge is 0.497 e. The highest BCUT2D eigenvalue weighted by Gasteiger charge is 2.11. The molecule has 2 rings (SSSR count). The van der Waals surface area contributed by atoms with Gasteiger partial charge in [-0.2, -0.15) is 5.26 Å². The summed E-state index contributed by atoms with van der Waals surface area (Å²) in [5.41, 5.74) is 2.76. The zero-order chi connectivity index (χ0) is 25.7. The molecule has 0 heterocycles. The van der Waals surface area contributed by atoms with Gasteiger partial charge < -0.3 is 24.4 Å². The fourth-order valence-corrected chi connectivity index (χ4v) is 3.66. The molecule has 0 fully saturated rings. The molecule has 0 aromatic heterocycles. The molecule has 0 spiro atoms. The van der Waals surface area contributed by atoms with Crippen LogP contribution >= 0.6 is 0 Å². The van der Waals surface area contributed by atoms with Gasteiger partial charge in [-0.3, -0.25) is 0 Å². The average molecular weight is 503 g/mol. The predicted octanol–water partition coefficient (Wildman–Crippen LogP) is 3.64. The molecule has 0 atom stereocenters. The highest BCUT2D eigenvalue weighted by atomic mass is 32.2. The molecule has 0 aliphatic carbocycles. The summed E-state index contributed by atoms with van der Waals surface area (Å²) in [6.07, 6.45) is 2.22. The molecule has 0 saturated carbocycles. The molecular formula is C25H34N4O5S. The molecule has 190 valence electrons. The smallest absolute Gasteiger partial charge is 0.208 e. The second-order valence-corrected chi connectivity index (χ2v) is 9.67. The van der Waals surface area contributed by atoms with E-state index < -0.39 is 10.0 Å². The van der Waals surface area contributed by atoms with Crippen LogP contribution in [0.1, 0.15) is 18.4 Å². The fourth-order valence-electron chi connectivity index (χ4n) is 3.20. The Bertz CT molecular complexity index is 1100. The summed E-state index contributed by atoms with van der Waals surface area (Å²) in [4.78, 5) is 2.06. The highest BCUT2D eigenvalue weighted by molar-refractivity contribution is 7.88. The van der Waals surface area contributed by atoms with Gasteiger partial charge in [0, 0.05) is 30.9 Å². The lowest BCUT2D eigenvalue weighted by atomic mass is 10.1. The molecule has 0 saturated heterocycles. The van der Waals surface area contributed by atoms with Crippen molar-refractivity contribution in [2.24, 2.45) is 0 Å². The average Bonchev–Trinajstić information content (AvgIpc) is 2.82. The fraction of sp³-hybridized carbons (Fsp3) is 0.400. The Morgan fingerprint density at radius 3 is 2.46 bits per heavy atom. The van der Waals surface area contributed by atoms with Crippen LogP contribution in [0, 0.1) is 18.3 Å². The zero-order valence-corrected chi connectivity index (χ0v) is 21.4. The van der Waals surface area contributed by atoms with Gasteiger partial charge in [0.05, 0.1) is 32.6 Å². The molecule has 0 bridgehead atoms. The minimum atomic E-state index is -3.28. The van der Waals surface area contributed by atoms with Crippen molar-refractivity contribution in [2.75, 3.05) is 56.4 Å². The van der Waals surface area contributed by atoms with Crippen LogP contribution in [-0.2, 0) is 14.8 Å². The quantitative estimate of drug-likeness (QED) is 0.264. The number of benzene rings is 2. The molecule has 0 unspecified atom stereocenters. The third-order valence-electron chi connectivity index (χ3n) is 4.99. The van der Waals surface area contributed by atoms with Crippen molar-refractivity contribution in [3.8, 4) is 17.6 Å². The van der Waals surface area contributed by atoms with Crippen molar-refractivity contribution < 1.29 is 22.6 Å². The van der Waals surface area contributed by atoms with E-state index in [2.05, 4.69) is 27.6 Å². The summed E-state index contributed by atoms with van der Waals surface area (Å²) in [7, 11) is -1.67. The number of aryl methyl sites for hydroxylation is 1. The van der Waals surface area contributed by atoms with E-state index in [-0.39, 0.29) is 6.54 Å². The van der Waals surface area contributed by atoms with E-state index in [1.54, 1.807) is 7.11 Å². The van der Waals surface area contributed by atoms with E-state index in [4.69, 9.17) is 19.5 Å². The number of sulfonamides is 1. The Balaban J connectivity index is 2.02.